The average Bonchev–Trinajstić information content (AvgIpc) is 2.16. The van der Waals surface area contributed by atoms with Gasteiger partial charge >= 0.3 is 0 Å². The van der Waals surface area contributed by atoms with Crippen LogP contribution >= 0.6 is 0 Å². The van der Waals surface area contributed by atoms with Gasteiger partial charge in [0.2, 0.25) is 5.91 Å². The normalized spacial score (nSPS) is 12.9. The Bertz CT molecular complexity index is 183. The van der Waals surface area contributed by atoms with Gasteiger partial charge in [0.1, 0.15) is 0 Å². The highest BCUT2D eigenvalue weighted by molar-refractivity contribution is 5.78. The molecule has 0 aliphatic carbocycles. The number of methoxy groups -OCH3 is 1. The van der Waals surface area contributed by atoms with Gasteiger partial charge in [-0.15, -0.1) is 0 Å². The van der Waals surface area contributed by atoms with Crippen LogP contribution in [0.2, 0.25) is 0 Å². The summed E-state index contributed by atoms with van der Waals surface area (Å²) in [4.78, 5) is 13.3. The summed E-state index contributed by atoms with van der Waals surface area (Å²) in [5, 5.41) is 3.13. The summed E-state index contributed by atoms with van der Waals surface area (Å²) in [5.41, 5.74) is 0. The van der Waals surface area contributed by atoms with E-state index in [0.29, 0.717) is 12.5 Å². The Balaban J connectivity index is 3.63. The molecule has 1 unspecified atom stereocenters. The summed E-state index contributed by atoms with van der Waals surface area (Å²) >= 11 is 0. The smallest absolute Gasteiger partial charge is 0.236 e. The first kappa shape index (κ1) is 14.4. The standard InChI is InChI=1S/C11H24N2O2/c1-9(2)13(4)11(14)7-12-6-10(3)8-15-5/h9-10,12H,6-8H2,1-5H3. The summed E-state index contributed by atoms with van der Waals surface area (Å²) in [6.45, 7) is 8.04. The highest BCUT2D eigenvalue weighted by atomic mass is 16.5. The van der Waals surface area contributed by atoms with Gasteiger partial charge in [-0.05, 0) is 19.8 Å². The minimum absolute atomic E-state index is 0.134. The predicted octanol–water partition coefficient (Wildman–Crippen LogP) is 0.725. The third-order valence-corrected chi connectivity index (χ3v) is 2.39. The van der Waals surface area contributed by atoms with E-state index in [1.165, 1.54) is 0 Å². The van der Waals surface area contributed by atoms with Crippen molar-refractivity contribution in [2.45, 2.75) is 26.8 Å². The number of hydrogen-bond donors (Lipinski definition) is 1. The highest BCUT2D eigenvalue weighted by Gasteiger charge is 2.11. The molecule has 0 aromatic rings. The van der Waals surface area contributed by atoms with E-state index in [-0.39, 0.29) is 11.9 Å². The van der Waals surface area contributed by atoms with Crippen LogP contribution in [0, 0.1) is 5.92 Å². The molecule has 15 heavy (non-hydrogen) atoms. The highest BCUT2D eigenvalue weighted by Crippen LogP contribution is 1.95. The number of nitrogens with zero attached hydrogens (tertiary/aromatic N) is 1. The van der Waals surface area contributed by atoms with Crippen molar-refractivity contribution in [2.75, 3.05) is 33.9 Å². The molecule has 4 nitrogen and oxygen atoms in total. The summed E-state index contributed by atoms with van der Waals surface area (Å²) in [6, 6.07) is 0.260. The van der Waals surface area contributed by atoms with Crippen molar-refractivity contribution in [2.24, 2.45) is 5.92 Å². The van der Waals surface area contributed by atoms with E-state index in [2.05, 4.69) is 12.2 Å². The Morgan fingerprint density at radius 3 is 2.47 bits per heavy atom. The van der Waals surface area contributed by atoms with Crippen molar-refractivity contribution in [1.82, 2.24) is 10.2 Å². The number of amides is 1. The molecule has 0 heterocycles. The van der Waals surface area contributed by atoms with Gasteiger partial charge in [-0.1, -0.05) is 6.92 Å². The Labute approximate surface area is 93.0 Å². The maximum absolute atomic E-state index is 11.6. The number of carbonyl (C=O) groups is 1. The van der Waals surface area contributed by atoms with Crippen LogP contribution in [-0.2, 0) is 9.53 Å². The second-order valence-electron chi connectivity index (χ2n) is 4.29. The Kier molecular flexibility index (Phi) is 7.34. The molecule has 0 aromatic carbocycles. The Morgan fingerprint density at radius 2 is 2.00 bits per heavy atom. The molecule has 0 aliphatic rings. The third kappa shape index (κ3) is 6.47. The molecule has 0 aromatic heterocycles. The number of nitrogens with one attached hydrogen (secondary N) is 1. The number of carbonyl (C=O) groups excluding carboxylic acids is 1. The summed E-state index contributed by atoms with van der Waals surface area (Å²) in [7, 11) is 3.52. The SMILES string of the molecule is COCC(C)CNCC(=O)N(C)C(C)C. The maximum Gasteiger partial charge on any atom is 0.236 e. The molecule has 0 spiro atoms. The lowest BCUT2D eigenvalue weighted by Crippen LogP contribution is -2.40. The molecule has 1 amide bonds. The van der Waals surface area contributed by atoms with Gasteiger partial charge in [0.15, 0.2) is 0 Å². The van der Waals surface area contributed by atoms with Crippen molar-refractivity contribution in [3.63, 3.8) is 0 Å². The van der Waals surface area contributed by atoms with E-state index >= 15 is 0 Å². The molecule has 4 heteroatoms. The molecule has 0 saturated carbocycles. The second kappa shape index (κ2) is 7.65. The summed E-state index contributed by atoms with van der Waals surface area (Å²) in [5.74, 6) is 0.571. The largest absolute Gasteiger partial charge is 0.384 e. The number of ether oxygens (including phenoxy) is 1. The van der Waals surface area contributed by atoms with Gasteiger partial charge in [-0.25, -0.2) is 0 Å². The molecule has 0 radical (unpaired) electrons. The van der Waals surface area contributed by atoms with Crippen LogP contribution in [0.4, 0.5) is 0 Å². The van der Waals surface area contributed by atoms with E-state index < -0.39 is 0 Å². The van der Waals surface area contributed by atoms with Crippen LogP contribution in [0.15, 0.2) is 0 Å². The molecule has 0 rings (SSSR count). The Morgan fingerprint density at radius 1 is 1.40 bits per heavy atom. The van der Waals surface area contributed by atoms with Gasteiger partial charge in [-0.2, -0.15) is 0 Å². The minimum Gasteiger partial charge on any atom is -0.384 e. The first-order valence-electron chi connectivity index (χ1n) is 5.44. The molecular formula is C11H24N2O2. The van der Waals surface area contributed by atoms with Gasteiger partial charge in [0.05, 0.1) is 6.54 Å². The van der Waals surface area contributed by atoms with Crippen LogP contribution < -0.4 is 5.32 Å². The van der Waals surface area contributed by atoms with Crippen LogP contribution in [0.1, 0.15) is 20.8 Å². The van der Waals surface area contributed by atoms with E-state index in [0.717, 1.165) is 13.2 Å². The molecule has 0 fully saturated rings. The van der Waals surface area contributed by atoms with Crippen molar-refractivity contribution in [3.8, 4) is 0 Å². The van der Waals surface area contributed by atoms with Crippen molar-refractivity contribution in [3.05, 3.63) is 0 Å². The van der Waals surface area contributed by atoms with E-state index in [9.17, 15) is 4.79 Å². The molecule has 0 bridgehead atoms. The lowest BCUT2D eigenvalue weighted by molar-refractivity contribution is -0.130. The van der Waals surface area contributed by atoms with Gasteiger partial charge in [0, 0.05) is 33.4 Å². The molecule has 1 N–H and O–H groups in total. The average molecular weight is 216 g/mol. The zero-order chi connectivity index (χ0) is 11.8. The monoisotopic (exact) mass is 216 g/mol. The van der Waals surface area contributed by atoms with E-state index in [1.807, 2.05) is 20.9 Å². The molecular weight excluding hydrogens is 192 g/mol. The van der Waals surface area contributed by atoms with Crippen LogP contribution in [0.3, 0.4) is 0 Å². The number of hydrogen-bond acceptors (Lipinski definition) is 3. The van der Waals surface area contributed by atoms with Gasteiger partial charge in [0.25, 0.3) is 0 Å². The fourth-order valence-corrected chi connectivity index (χ4v) is 1.18. The lowest BCUT2D eigenvalue weighted by atomic mass is 10.2. The molecule has 0 saturated heterocycles. The van der Waals surface area contributed by atoms with Crippen molar-refractivity contribution in [1.29, 1.82) is 0 Å². The van der Waals surface area contributed by atoms with Crippen molar-refractivity contribution < 1.29 is 9.53 Å². The summed E-state index contributed by atoms with van der Waals surface area (Å²) in [6.07, 6.45) is 0. The molecule has 90 valence electrons. The second-order valence-corrected chi connectivity index (χ2v) is 4.29. The predicted molar refractivity (Wildman–Crippen MR) is 61.8 cm³/mol. The topological polar surface area (TPSA) is 41.6 Å². The van der Waals surface area contributed by atoms with Gasteiger partial charge in [-0.3, -0.25) is 4.79 Å². The van der Waals surface area contributed by atoms with E-state index in [4.69, 9.17) is 4.74 Å². The lowest BCUT2D eigenvalue weighted by Gasteiger charge is -2.22. The van der Waals surface area contributed by atoms with Gasteiger partial charge < -0.3 is 15.0 Å². The fourth-order valence-electron chi connectivity index (χ4n) is 1.18. The van der Waals surface area contributed by atoms with Crippen LogP contribution in [-0.4, -0.2) is 50.7 Å². The van der Waals surface area contributed by atoms with Crippen LogP contribution in [0.5, 0.6) is 0 Å². The summed E-state index contributed by atoms with van der Waals surface area (Å²) < 4.78 is 5.01. The third-order valence-electron chi connectivity index (χ3n) is 2.39. The minimum atomic E-state index is 0.134. The van der Waals surface area contributed by atoms with Crippen molar-refractivity contribution >= 4 is 5.91 Å². The zero-order valence-corrected chi connectivity index (χ0v) is 10.5. The molecule has 1 atom stereocenters. The molecule has 0 aliphatic heterocycles. The number of rotatable bonds is 7. The maximum atomic E-state index is 11.6. The first-order chi connectivity index (χ1) is 6.99. The fraction of sp³-hybridized carbons (Fsp3) is 0.909. The quantitative estimate of drug-likeness (QED) is 0.682. The first-order valence-corrected chi connectivity index (χ1v) is 5.44. The zero-order valence-electron chi connectivity index (χ0n) is 10.5. The Hall–Kier alpha value is -0.610. The number of likely N-dealkylation sites (N-methyl/N-ethyl adjacent to an activating group) is 1. The van der Waals surface area contributed by atoms with E-state index in [1.54, 1.807) is 12.0 Å². The van der Waals surface area contributed by atoms with Crippen LogP contribution in [0.25, 0.3) is 0 Å².